The van der Waals surface area contributed by atoms with Gasteiger partial charge in [0.05, 0.1) is 10.6 Å². The summed E-state index contributed by atoms with van der Waals surface area (Å²) in [7, 11) is -3.59. The summed E-state index contributed by atoms with van der Waals surface area (Å²) >= 11 is 0. The number of benzene rings is 2. The summed E-state index contributed by atoms with van der Waals surface area (Å²) in [4.78, 5) is 3.33. The molecule has 0 unspecified atom stereocenters. The monoisotopic (exact) mass is 382 g/mol. The van der Waals surface area contributed by atoms with Crippen LogP contribution in [0, 0.1) is 6.92 Å². The molecule has 1 aromatic heterocycles. The molecule has 0 saturated carbocycles. The van der Waals surface area contributed by atoms with E-state index in [0.717, 1.165) is 5.56 Å². The van der Waals surface area contributed by atoms with Gasteiger partial charge in [0, 0.05) is 5.56 Å². The number of aromatic nitrogens is 2. The maximum absolute atomic E-state index is 12.5. The first kappa shape index (κ1) is 18.1. The van der Waals surface area contributed by atoms with Crippen molar-refractivity contribution in [3.05, 3.63) is 65.5 Å². The molecule has 136 valence electrons. The Balaban J connectivity index is 1.83. The minimum absolute atomic E-state index is 0.0577. The number of hydrogen-bond acceptors (Lipinski definition) is 5. The number of hydrogen-bond donors (Lipinski definition) is 0. The Labute approximate surface area is 147 Å². The van der Waals surface area contributed by atoms with Crippen molar-refractivity contribution in [2.45, 2.75) is 23.7 Å². The van der Waals surface area contributed by atoms with E-state index in [1.54, 1.807) is 18.2 Å². The van der Waals surface area contributed by atoms with Gasteiger partial charge in [-0.3, -0.25) is 0 Å². The van der Waals surface area contributed by atoms with E-state index in [1.165, 1.54) is 24.3 Å². The molecular weight excluding hydrogens is 369 g/mol. The highest BCUT2D eigenvalue weighted by Gasteiger charge is 2.38. The largest absolute Gasteiger partial charge is 0.471 e. The van der Waals surface area contributed by atoms with Crippen LogP contribution in [-0.2, 0) is 21.8 Å². The van der Waals surface area contributed by atoms with Crippen LogP contribution in [0.2, 0.25) is 0 Å². The molecule has 0 atom stereocenters. The van der Waals surface area contributed by atoms with Crippen LogP contribution in [0.5, 0.6) is 0 Å². The van der Waals surface area contributed by atoms with Crippen molar-refractivity contribution in [3.63, 3.8) is 0 Å². The van der Waals surface area contributed by atoms with E-state index < -0.39 is 21.9 Å². The van der Waals surface area contributed by atoms with Gasteiger partial charge in [-0.05, 0) is 36.8 Å². The highest BCUT2D eigenvalue weighted by Crippen LogP contribution is 2.29. The van der Waals surface area contributed by atoms with E-state index in [4.69, 9.17) is 0 Å². The van der Waals surface area contributed by atoms with Gasteiger partial charge >= 0.3 is 12.1 Å². The average molecular weight is 382 g/mol. The highest BCUT2D eigenvalue weighted by molar-refractivity contribution is 7.90. The molecule has 2 aromatic carbocycles. The summed E-state index contributed by atoms with van der Waals surface area (Å²) in [5, 5.41) is 3.27. The molecule has 3 aromatic rings. The molecule has 0 radical (unpaired) electrons. The van der Waals surface area contributed by atoms with E-state index in [9.17, 15) is 21.6 Å². The van der Waals surface area contributed by atoms with Crippen molar-refractivity contribution >= 4 is 9.84 Å². The summed E-state index contributed by atoms with van der Waals surface area (Å²) in [6.07, 6.45) is -4.73. The van der Waals surface area contributed by atoms with E-state index in [0.29, 0.717) is 5.56 Å². The summed E-state index contributed by atoms with van der Waals surface area (Å²) in [6.45, 7) is 1.87. The summed E-state index contributed by atoms with van der Waals surface area (Å²) < 4.78 is 66.7. The number of aryl methyl sites for hydroxylation is 1. The Morgan fingerprint density at radius 2 is 1.77 bits per heavy atom. The minimum Gasteiger partial charge on any atom is -0.329 e. The van der Waals surface area contributed by atoms with Gasteiger partial charge in [0.1, 0.15) is 0 Å². The van der Waals surface area contributed by atoms with Crippen molar-refractivity contribution in [1.82, 2.24) is 10.1 Å². The van der Waals surface area contributed by atoms with Crippen LogP contribution in [0.1, 0.15) is 17.0 Å². The molecule has 26 heavy (non-hydrogen) atoms. The predicted molar refractivity (Wildman–Crippen MR) is 86.8 cm³/mol. The van der Waals surface area contributed by atoms with Crippen molar-refractivity contribution in [1.29, 1.82) is 0 Å². The van der Waals surface area contributed by atoms with Gasteiger partial charge in [0.2, 0.25) is 5.82 Å². The van der Waals surface area contributed by atoms with E-state index >= 15 is 0 Å². The number of sulfone groups is 1. The zero-order valence-corrected chi connectivity index (χ0v) is 14.3. The molecule has 0 aliphatic carbocycles. The van der Waals surface area contributed by atoms with Gasteiger partial charge in [-0.25, -0.2) is 8.42 Å². The summed E-state index contributed by atoms with van der Waals surface area (Å²) in [5.41, 5.74) is 1.83. The van der Waals surface area contributed by atoms with Gasteiger partial charge in [0.25, 0.3) is 0 Å². The quantitative estimate of drug-likeness (QED) is 0.681. The summed E-state index contributed by atoms with van der Waals surface area (Å²) in [6, 6.07) is 12.4. The third-order valence-electron chi connectivity index (χ3n) is 3.58. The first-order valence-corrected chi connectivity index (χ1v) is 9.10. The van der Waals surface area contributed by atoms with E-state index in [-0.39, 0.29) is 22.0 Å². The second kappa shape index (κ2) is 6.56. The maximum Gasteiger partial charge on any atom is 0.471 e. The van der Waals surface area contributed by atoms with Crippen molar-refractivity contribution in [3.8, 4) is 11.4 Å². The molecule has 0 bridgehead atoms. The van der Waals surface area contributed by atoms with Crippen molar-refractivity contribution < 1.29 is 26.1 Å². The van der Waals surface area contributed by atoms with Crippen LogP contribution in [-0.4, -0.2) is 18.6 Å². The molecule has 1 heterocycles. The normalized spacial score (nSPS) is 12.3. The van der Waals surface area contributed by atoms with E-state index in [2.05, 4.69) is 14.7 Å². The van der Waals surface area contributed by atoms with Crippen LogP contribution in [0.25, 0.3) is 11.4 Å². The third kappa shape index (κ3) is 3.93. The van der Waals surface area contributed by atoms with Crippen LogP contribution in [0.4, 0.5) is 13.2 Å². The number of nitrogens with zero attached hydrogens (tertiary/aromatic N) is 2. The molecule has 5 nitrogen and oxygen atoms in total. The number of rotatable bonds is 4. The van der Waals surface area contributed by atoms with Crippen molar-refractivity contribution in [2.24, 2.45) is 0 Å². The molecule has 0 N–H and O–H groups in total. The zero-order valence-electron chi connectivity index (χ0n) is 13.5. The second-order valence-corrected chi connectivity index (χ2v) is 7.68. The number of alkyl halides is 3. The summed E-state index contributed by atoms with van der Waals surface area (Å²) in [5.74, 6) is -1.89. The SMILES string of the molecule is Cc1cccc(CS(=O)(=O)c2ccc(-c3noc(C(F)(F)F)n3)cc2)c1. The number of halogens is 3. The lowest BCUT2D eigenvalue weighted by molar-refractivity contribution is -0.159. The molecule has 0 fully saturated rings. The standard InChI is InChI=1S/C17H13F3N2O3S/c1-11-3-2-4-12(9-11)10-26(23,24)14-7-5-13(6-8-14)15-21-16(25-22-15)17(18,19)20/h2-9H,10H2,1H3. The molecule has 0 saturated heterocycles. The van der Waals surface area contributed by atoms with Crippen LogP contribution in [0.3, 0.4) is 0 Å². The Morgan fingerprint density at radius 1 is 1.08 bits per heavy atom. The molecule has 9 heteroatoms. The lowest BCUT2D eigenvalue weighted by Crippen LogP contribution is -2.05. The van der Waals surface area contributed by atoms with Crippen LogP contribution < -0.4 is 0 Å². The second-order valence-electron chi connectivity index (χ2n) is 5.69. The van der Waals surface area contributed by atoms with Crippen LogP contribution in [0.15, 0.2) is 57.9 Å². The minimum atomic E-state index is -4.73. The molecule has 0 aliphatic rings. The first-order valence-electron chi connectivity index (χ1n) is 7.45. The van der Waals surface area contributed by atoms with Gasteiger partial charge in [-0.15, -0.1) is 0 Å². The molecule has 0 amide bonds. The fourth-order valence-corrected chi connectivity index (χ4v) is 3.71. The zero-order chi connectivity index (χ0) is 18.9. The molecule has 0 aliphatic heterocycles. The fraction of sp³-hybridized carbons (Fsp3) is 0.176. The molecular formula is C17H13F3N2O3S. The van der Waals surface area contributed by atoms with Gasteiger partial charge < -0.3 is 4.52 Å². The topological polar surface area (TPSA) is 73.1 Å². The molecule has 0 spiro atoms. The lowest BCUT2D eigenvalue weighted by Gasteiger charge is -2.06. The first-order chi connectivity index (χ1) is 12.1. The third-order valence-corrected chi connectivity index (χ3v) is 5.28. The molecule has 3 rings (SSSR count). The smallest absolute Gasteiger partial charge is 0.329 e. The Kier molecular flexibility index (Phi) is 4.57. The maximum atomic E-state index is 12.5. The van der Waals surface area contributed by atoms with Crippen molar-refractivity contribution in [2.75, 3.05) is 0 Å². The van der Waals surface area contributed by atoms with Gasteiger partial charge in [-0.1, -0.05) is 35.0 Å². The Bertz CT molecular complexity index is 1030. The Hall–Kier alpha value is -2.68. The highest BCUT2D eigenvalue weighted by atomic mass is 32.2. The van der Waals surface area contributed by atoms with E-state index in [1.807, 2.05) is 13.0 Å². The van der Waals surface area contributed by atoms with Gasteiger partial charge in [0.15, 0.2) is 9.84 Å². The lowest BCUT2D eigenvalue weighted by atomic mass is 10.2. The fourth-order valence-electron chi connectivity index (χ4n) is 2.37. The van der Waals surface area contributed by atoms with Gasteiger partial charge in [-0.2, -0.15) is 18.2 Å². The Morgan fingerprint density at radius 3 is 2.35 bits per heavy atom. The average Bonchev–Trinajstić information content (AvgIpc) is 3.05. The van der Waals surface area contributed by atoms with Crippen LogP contribution >= 0.6 is 0 Å². The predicted octanol–water partition coefficient (Wildman–Crippen LogP) is 4.04.